The number of likely N-dealkylation sites (tertiary alicyclic amines) is 1. The maximum atomic E-state index is 12.1. The van der Waals surface area contributed by atoms with Gasteiger partial charge >= 0.3 is 0 Å². The summed E-state index contributed by atoms with van der Waals surface area (Å²) < 4.78 is 6.17. The molecule has 0 N–H and O–H groups in total. The fourth-order valence-corrected chi connectivity index (χ4v) is 4.57. The van der Waals surface area contributed by atoms with Crippen LogP contribution in [-0.4, -0.2) is 30.5 Å². The number of amides is 1. The standard InChI is InChI=1S/C15H19NO2S/c17-14(12-1-2-12)16-7-5-15(6-8-16)13-11(3-9-18-15)4-10-19-13/h4,10,12H,1-3,5-9H2. The summed E-state index contributed by atoms with van der Waals surface area (Å²) in [5.74, 6) is 0.732. The highest BCUT2D eigenvalue weighted by Crippen LogP contribution is 2.44. The van der Waals surface area contributed by atoms with Gasteiger partial charge in [0.2, 0.25) is 5.91 Å². The average Bonchev–Trinajstić information content (AvgIpc) is 3.17. The Balaban J connectivity index is 1.52. The Morgan fingerprint density at radius 3 is 2.89 bits per heavy atom. The van der Waals surface area contributed by atoms with E-state index in [9.17, 15) is 4.79 Å². The van der Waals surface area contributed by atoms with Crippen LogP contribution in [-0.2, 0) is 21.6 Å². The van der Waals surface area contributed by atoms with Crippen LogP contribution >= 0.6 is 11.3 Å². The molecule has 1 aromatic heterocycles. The van der Waals surface area contributed by atoms with Crippen molar-refractivity contribution in [2.45, 2.75) is 37.7 Å². The Morgan fingerprint density at radius 1 is 1.37 bits per heavy atom. The number of thiophene rings is 1. The third-order valence-electron chi connectivity index (χ3n) is 4.72. The van der Waals surface area contributed by atoms with Gasteiger partial charge in [0.15, 0.2) is 0 Å². The van der Waals surface area contributed by atoms with Crippen LogP contribution in [0.4, 0.5) is 0 Å². The number of carbonyl (C=O) groups excluding carboxylic acids is 1. The summed E-state index contributed by atoms with van der Waals surface area (Å²) in [6.45, 7) is 2.57. The molecular weight excluding hydrogens is 258 g/mol. The highest BCUT2D eigenvalue weighted by Gasteiger charge is 2.44. The molecular formula is C15H19NO2S. The minimum Gasteiger partial charge on any atom is -0.369 e. The molecule has 1 saturated heterocycles. The van der Waals surface area contributed by atoms with Crippen LogP contribution in [0, 0.1) is 5.92 Å². The van der Waals surface area contributed by atoms with Gasteiger partial charge in [-0.25, -0.2) is 0 Å². The lowest BCUT2D eigenvalue weighted by Crippen LogP contribution is -2.48. The summed E-state index contributed by atoms with van der Waals surface area (Å²) in [7, 11) is 0. The van der Waals surface area contributed by atoms with Crippen molar-refractivity contribution in [3.05, 3.63) is 21.9 Å². The van der Waals surface area contributed by atoms with Gasteiger partial charge in [0.1, 0.15) is 5.60 Å². The van der Waals surface area contributed by atoms with Crippen LogP contribution in [0.25, 0.3) is 0 Å². The molecule has 4 rings (SSSR count). The van der Waals surface area contributed by atoms with E-state index in [4.69, 9.17) is 4.74 Å². The van der Waals surface area contributed by atoms with Gasteiger partial charge in [0.25, 0.3) is 0 Å². The molecule has 2 fully saturated rings. The fraction of sp³-hybridized carbons (Fsp3) is 0.667. The zero-order chi connectivity index (χ0) is 12.9. The van der Waals surface area contributed by atoms with E-state index in [1.54, 1.807) is 0 Å². The predicted molar refractivity (Wildman–Crippen MR) is 74.2 cm³/mol. The SMILES string of the molecule is O=C(C1CC1)N1CCC2(CC1)OCCc1ccsc12. The molecule has 3 nitrogen and oxygen atoms in total. The summed E-state index contributed by atoms with van der Waals surface area (Å²) in [6.07, 6.45) is 5.20. The average molecular weight is 277 g/mol. The topological polar surface area (TPSA) is 29.5 Å². The zero-order valence-electron chi connectivity index (χ0n) is 11.1. The molecule has 0 bridgehead atoms. The lowest BCUT2D eigenvalue weighted by molar-refractivity contribution is -0.141. The quantitative estimate of drug-likeness (QED) is 0.789. The highest BCUT2D eigenvalue weighted by molar-refractivity contribution is 7.10. The van der Waals surface area contributed by atoms with Crippen molar-refractivity contribution < 1.29 is 9.53 Å². The van der Waals surface area contributed by atoms with Gasteiger partial charge in [-0.15, -0.1) is 11.3 Å². The minimum absolute atomic E-state index is 0.0813. The second-order valence-corrected chi connectivity index (χ2v) is 6.88. The highest BCUT2D eigenvalue weighted by atomic mass is 32.1. The molecule has 1 aliphatic carbocycles. The molecule has 0 radical (unpaired) electrons. The number of hydrogen-bond acceptors (Lipinski definition) is 3. The smallest absolute Gasteiger partial charge is 0.225 e. The first-order valence-electron chi connectivity index (χ1n) is 7.28. The number of piperidine rings is 1. The van der Waals surface area contributed by atoms with E-state index in [0.717, 1.165) is 51.8 Å². The van der Waals surface area contributed by atoms with E-state index in [1.807, 2.05) is 11.3 Å². The number of carbonyl (C=O) groups is 1. The molecule has 0 unspecified atom stereocenters. The number of ether oxygens (including phenoxy) is 1. The van der Waals surface area contributed by atoms with Crippen molar-refractivity contribution in [1.29, 1.82) is 0 Å². The van der Waals surface area contributed by atoms with Gasteiger partial charge in [-0.2, -0.15) is 0 Å². The van der Waals surface area contributed by atoms with Gasteiger partial charge in [0, 0.05) is 23.9 Å². The molecule has 3 aliphatic rings. The van der Waals surface area contributed by atoms with Gasteiger partial charge in [-0.05, 0) is 49.1 Å². The monoisotopic (exact) mass is 277 g/mol. The maximum absolute atomic E-state index is 12.1. The van der Waals surface area contributed by atoms with Crippen molar-refractivity contribution in [3.8, 4) is 0 Å². The van der Waals surface area contributed by atoms with E-state index >= 15 is 0 Å². The zero-order valence-corrected chi connectivity index (χ0v) is 11.9. The molecule has 1 aromatic rings. The van der Waals surface area contributed by atoms with Crippen molar-refractivity contribution in [3.63, 3.8) is 0 Å². The lowest BCUT2D eigenvalue weighted by atomic mass is 9.85. The Labute approximate surface area is 117 Å². The third-order valence-corrected chi connectivity index (χ3v) is 5.86. The fourth-order valence-electron chi connectivity index (χ4n) is 3.40. The summed E-state index contributed by atoms with van der Waals surface area (Å²) in [6, 6.07) is 2.24. The maximum Gasteiger partial charge on any atom is 0.225 e. The first-order chi connectivity index (χ1) is 9.28. The second-order valence-electron chi connectivity index (χ2n) is 5.97. The van der Waals surface area contributed by atoms with Gasteiger partial charge < -0.3 is 9.64 Å². The first kappa shape index (κ1) is 11.9. The van der Waals surface area contributed by atoms with E-state index in [2.05, 4.69) is 16.3 Å². The van der Waals surface area contributed by atoms with Crippen LogP contribution in [0.15, 0.2) is 11.4 Å². The van der Waals surface area contributed by atoms with Crippen molar-refractivity contribution in [1.82, 2.24) is 4.90 Å². The van der Waals surface area contributed by atoms with Crippen LogP contribution < -0.4 is 0 Å². The molecule has 3 heterocycles. The Bertz CT molecular complexity index is 498. The first-order valence-corrected chi connectivity index (χ1v) is 8.16. The number of fused-ring (bicyclic) bond motifs is 2. The molecule has 0 atom stereocenters. The normalized spacial score (nSPS) is 25.4. The van der Waals surface area contributed by atoms with E-state index < -0.39 is 0 Å². The Morgan fingerprint density at radius 2 is 2.16 bits per heavy atom. The summed E-state index contributed by atoms with van der Waals surface area (Å²) in [4.78, 5) is 15.6. The van der Waals surface area contributed by atoms with Gasteiger partial charge in [-0.1, -0.05) is 0 Å². The predicted octanol–water partition coefficient (Wildman–Crippen LogP) is 2.55. The molecule has 1 saturated carbocycles. The molecule has 1 amide bonds. The van der Waals surface area contributed by atoms with Crippen LogP contribution in [0.2, 0.25) is 0 Å². The summed E-state index contributed by atoms with van der Waals surface area (Å²) in [5, 5.41) is 2.18. The number of nitrogens with zero attached hydrogens (tertiary/aromatic N) is 1. The molecule has 1 spiro atoms. The molecule has 102 valence electrons. The molecule has 4 heteroatoms. The number of hydrogen-bond donors (Lipinski definition) is 0. The summed E-state index contributed by atoms with van der Waals surface area (Å²) in [5.41, 5.74) is 1.39. The number of rotatable bonds is 1. The third kappa shape index (κ3) is 1.93. The van der Waals surface area contributed by atoms with Crippen LogP contribution in [0.1, 0.15) is 36.1 Å². The van der Waals surface area contributed by atoms with E-state index in [1.165, 1.54) is 10.4 Å². The van der Waals surface area contributed by atoms with Crippen LogP contribution in [0.5, 0.6) is 0 Å². The van der Waals surface area contributed by atoms with Crippen molar-refractivity contribution in [2.75, 3.05) is 19.7 Å². The van der Waals surface area contributed by atoms with Gasteiger partial charge in [-0.3, -0.25) is 4.79 Å². The van der Waals surface area contributed by atoms with Crippen molar-refractivity contribution >= 4 is 17.2 Å². The Kier molecular flexibility index (Phi) is 2.71. The summed E-state index contributed by atoms with van der Waals surface area (Å²) >= 11 is 1.83. The molecule has 2 aliphatic heterocycles. The minimum atomic E-state index is -0.0813. The second kappa shape index (κ2) is 4.32. The van der Waals surface area contributed by atoms with Gasteiger partial charge in [0.05, 0.1) is 6.61 Å². The lowest BCUT2D eigenvalue weighted by Gasteiger charge is -2.43. The van der Waals surface area contributed by atoms with E-state index in [-0.39, 0.29) is 5.60 Å². The Hall–Kier alpha value is -0.870. The molecule has 19 heavy (non-hydrogen) atoms. The van der Waals surface area contributed by atoms with Crippen LogP contribution in [0.3, 0.4) is 0 Å². The van der Waals surface area contributed by atoms with E-state index in [0.29, 0.717) is 11.8 Å². The molecule has 0 aromatic carbocycles. The van der Waals surface area contributed by atoms with Crippen molar-refractivity contribution in [2.24, 2.45) is 5.92 Å². The largest absolute Gasteiger partial charge is 0.369 e.